The van der Waals surface area contributed by atoms with Crippen LogP contribution in [-0.4, -0.2) is 4.98 Å². The van der Waals surface area contributed by atoms with E-state index in [1.807, 2.05) is 0 Å². The standard InChI is InChI=1S/C11H5BrF3NS/c12-6-3-9(15)11(16-5-6)17-10-4-7(13)1-2-8(10)14/h1-5H. The highest BCUT2D eigenvalue weighted by molar-refractivity contribution is 9.10. The SMILES string of the molecule is Fc1ccc(F)c(Sc2ncc(Br)cc2F)c1. The summed E-state index contributed by atoms with van der Waals surface area (Å²) in [5.74, 6) is -1.78. The molecule has 1 heterocycles. The fourth-order valence-corrected chi connectivity index (χ4v) is 2.25. The van der Waals surface area contributed by atoms with Gasteiger partial charge in [0, 0.05) is 10.7 Å². The fraction of sp³-hybridized carbons (Fsp3) is 0. The summed E-state index contributed by atoms with van der Waals surface area (Å²) < 4.78 is 40.2. The van der Waals surface area contributed by atoms with E-state index in [-0.39, 0.29) is 9.92 Å². The highest BCUT2D eigenvalue weighted by Gasteiger charge is 2.11. The summed E-state index contributed by atoms with van der Waals surface area (Å²) in [6.45, 7) is 0. The predicted molar refractivity (Wildman–Crippen MR) is 62.4 cm³/mol. The summed E-state index contributed by atoms with van der Waals surface area (Å²) in [5, 5.41) is -0.00213. The molecule has 0 fully saturated rings. The number of aromatic nitrogens is 1. The lowest BCUT2D eigenvalue weighted by atomic mass is 10.3. The molecule has 88 valence electrons. The monoisotopic (exact) mass is 319 g/mol. The second-order valence-electron chi connectivity index (χ2n) is 3.12. The molecular weight excluding hydrogens is 315 g/mol. The van der Waals surface area contributed by atoms with Gasteiger partial charge in [-0.3, -0.25) is 0 Å². The predicted octanol–water partition coefficient (Wildman–Crippen LogP) is 4.41. The van der Waals surface area contributed by atoms with Crippen molar-refractivity contribution in [2.24, 2.45) is 0 Å². The molecule has 0 saturated carbocycles. The number of hydrogen-bond donors (Lipinski definition) is 0. The topological polar surface area (TPSA) is 12.9 Å². The molecule has 0 amide bonds. The van der Waals surface area contributed by atoms with Crippen molar-refractivity contribution in [2.75, 3.05) is 0 Å². The maximum Gasteiger partial charge on any atom is 0.156 e. The molecular formula is C11H5BrF3NS. The van der Waals surface area contributed by atoms with Crippen LogP contribution < -0.4 is 0 Å². The van der Waals surface area contributed by atoms with E-state index in [0.29, 0.717) is 4.47 Å². The number of halogens is 4. The number of hydrogen-bond acceptors (Lipinski definition) is 2. The van der Waals surface area contributed by atoms with Crippen molar-refractivity contribution in [3.63, 3.8) is 0 Å². The van der Waals surface area contributed by atoms with Crippen LogP contribution in [0.4, 0.5) is 13.2 Å². The Morgan fingerprint density at radius 1 is 1.06 bits per heavy atom. The van der Waals surface area contributed by atoms with Crippen LogP contribution in [0.3, 0.4) is 0 Å². The molecule has 0 N–H and O–H groups in total. The maximum atomic E-state index is 13.4. The number of benzene rings is 1. The first-order valence-electron chi connectivity index (χ1n) is 4.50. The molecule has 0 atom stereocenters. The van der Waals surface area contributed by atoms with Gasteiger partial charge < -0.3 is 0 Å². The Bertz CT molecular complexity index is 562. The third-order valence-corrected chi connectivity index (χ3v) is 3.33. The zero-order chi connectivity index (χ0) is 12.4. The lowest BCUT2D eigenvalue weighted by Crippen LogP contribution is -1.89. The fourth-order valence-electron chi connectivity index (χ4n) is 1.14. The average molecular weight is 320 g/mol. The van der Waals surface area contributed by atoms with Gasteiger partial charge in [0.25, 0.3) is 0 Å². The van der Waals surface area contributed by atoms with Crippen molar-refractivity contribution in [1.82, 2.24) is 4.98 Å². The van der Waals surface area contributed by atoms with Gasteiger partial charge in [-0.05, 0) is 40.2 Å². The van der Waals surface area contributed by atoms with Crippen LogP contribution >= 0.6 is 27.7 Å². The summed E-state index contributed by atoms with van der Waals surface area (Å²) in [7, 11) is 0. The van der Waals surface area contributed by atoms with Crippen LogP contribution in [0.1, 0.15) is 0 Å². The van der Waals surface area contributed by atoms with E-state index < -0.39 is 17.5 Å². The van der Waals surface area contributed by atoms with Crippen molar-refractivity contribution in [3.8, 4) is 0 Å². The van der Waals surface area contributed by atoms with E-state index in [1.165, 1.54) is 12.3 Å². The normalized spacial score (nSPS) is 10.6. The molecule has 2 rings (SSSR count). The van der Waals surface area contributed by atoms with E-state index in [4.69, 9.17) is 0 Å². The molecule has 0 spiro atoms. The zero-order valence-electron chi connectivity index (χ0n) is 8.25. The van der Waals surface area contributed by atoms with E-state index in [2.05, 4.69) is 20.9 Å². The average Bonchev–Trinajstić information content (AvgIpc) is 2.27. The van der Waals surface area contributed by atoms with Gasteiger partial charge in [-0.25, -0.2) is 18.2 Å². The molecule has 17 heavy (non-hydrogen) atoms. The molecule has 0 aliphatic carbocycles. The molecule has 0 aliphatic heterocycles. The number of nitrogens with zero attached hydrogens (tertiary/aromatic N) is 1. The Labute approximate surface area is 108 Å². The first-order valence-corrected chi connectivity index (χ1v) is 6.11. The highest BCUT2D eigenvalue weighted by atomic mass is 79.9. The van der Waals surface area contributed by atoms with Gasteiger partial charge in [0.05, 0.1) is 4.90 Å². The van der Waals surface area contributed by atoms with Gasteiger partial charge in [0.2, 0.25) is 0 Å². The van der Waals surface area contributed by atoms with Crippen LogP contribution in [0, 0.1) is 17.5 Å². The first-order chi connectivity index (χ1) is 8.06. The van der Waals surface area contributed by atoms with Gasteiger partial charge >= 0.3 is 0 Å². The lowest BCUT2D eigenvalue weighted by molar-refractivity contribution is 0.573. The minimum Gasteiger partial charge on any atom is -0.245 e. The molecule has 0 bridgehead atoms. The van der Waals surface area contributed by atoms with Crippen LogP contribution in [-0.2, 0) is 0 Å². The van der Waals surface area contributed by atoms with Crippen molar-refractivity contribution in [3.05, 3.63) is 52.4 Å². The largest absolute Gasteiger partial charge is 0.245 e. The van der Waals surface area contributed by atoms with Gasteiger partial charge in [-0.1, -0.05) is 11.8 Å². The molecule has 0 radical (unpaired) electrons. The Kier molecular flexibility index (Phi) is 3.73. The van der Waals surface area contributed by atoms with Gasteiger partial charge in [0.1, 0.15) is 16.7 Å². The third kappa shape index (κ3) is 3.01. The van der Waals surface area contributed by atoms with Crippen LogP contribution in [0.15, 0.2) is 44.9 Å². The van der Waals surface area contributed by atoms with E-state index in [0.717, 1.165) is 30.0 Å². The number of rotatable bonds is 2. The first kappa shape index (κ1) is 12.4. The third-order valence-electron chi connectivity index (χ3n) is 1.87. The van der Waals surface area contributed by atoms with Crippen LogP contribution in [0.25, 0.3) is 0 Å². The molecule has 1 nitrogen and oxygen atoms in total. The summed E-state index contributed by atoms with van der Waals surface area (Å²) in [6, 6.07) is 4.22. The molecule has 2 aromatic rings. The maximum absolute atomic E-state index is 13.4. The van der Waals surface area contributed by atoms with Gasteiger partial charge in [-0.2, -0.15) is 0 Å². The summed E-state index contributed by atoms with van der Waals surface area (Å²) >= 11 is 3.80. The molecule has 6 heteroatoms. The second kappa shape index (κ2) is 5.10. The Hall–Kier alpha value is -1.01. The zero-order valence-corrected chi connectivity index (χ0v) is 10.7. The summed E-state index contributed by atoms with van der Waals surface area (Å²) in [4.78, 5) is 3.79. The van der Waals surface area contributed by atoms with Crippen LogP contribution in [0.2, 0.25) is 0 Å². The van der Waals surface area contributed by atoms with E-state index >= 15 is 0 Å². The summed E-state index contributed by atoms with van der Waals surface area (Å²) in [5.41, 5.74) is 0. The molecule has 0 unspecified atom stereocenters. The molecule has 1 aromatic heterocycles. The minimum absolute atomic E-state index is 0.00118. The second-order valence-corrected chi connectivity index (χ2v) is 5.06. The van der Waals surface area contributed by atoms with E-state index in [1.54, 1.807) is 0 Å². The van der Waals surface area contributed by atoms with Crippen LogP contribution in [0.5, 0.6) is 0 Å². The summed E-state index contributed by atoms with van der Waals surface area (Å²) in [6.07, 6.45) is 1.39. The van der Waals surface area contributed by atoms with Crippen molar-refractivity contribution < 1.29 is 13.2 Å². The van der Waals surface area contributed by atoms with Gasteiger partial charge in [0.15, 0.2) is 5.82 Å². The smallest absolute Gasteiger partial charge is 0.156 e. The highest BCUT2D eigenvalue weighted by Crippen LogP contribution is 2.31. The van der Waals surface area contributed by atoms with Gasteiger partial charge in [-0.15, -0.1) is 0 Å². The quantitative estimate of drug-likeness (QED) is 0.813. The van der Waals surface area contributed by atoms with Crippen molar-refractivity contribution >= 4 is 27.7 Å². The van der Waals surface area contributed by atoms with Crippen molar-refractivity contribution in [2.45, 2.75) is 9.92 Å². The minimum atomic E-state index is -0.611. The molecule has 1 aromatic carbocycles. The molecule has 0 aliphatic rings. The Morgan fingerprint density at radius 3 is 2.53 bits per heavy atom. The lowest BCUT2D eigenvalue weighted by Gasteiger charge is -2.04. The van der Waals surface area contributed by atoms with Crippen molar-refractivity contribution in [1.29, 1.82) is 0 Å². The number of pyridine rings is 1. The van der Waals surface area contributed by atoms with E-state index in [9.17, 15) is 13.2 Å². The Balaban J connectivity index is 2.34. The Morgan fingerprint density at radius 2 is 1.82 bits per heavy atom. The molecule has 0 saturated heterocycles.